The van der Waals surface area contributed by atoms with Gasteiger partial charge in [0.2, 0.25) is 0 Å². The Labute approximate surface area is 67.2 Å². The monoisotopic (exact) mass is 170 g/mol. The second-order valence-electron chi connectivity index (χ2n) is 1.84. The fourth-order valence-electron chi connectivity index (χ4n) is 0.586. The number of carboxylic acids is 1. The molecule has 0 atom stereocenters. The van der Waals surface area contributed by atoms with Crippen LogP contribution in [0.2, 0.25) is 0 Å². The summed E-state index contributed by atoms with van der Waals surface area (Å²) in [6.07, 6.45) is 2.36. The first-order valence-corrected chi connectivity index (χ1v) is 3.75. The van der Waals surface area contributed by atoms with Crippen molar-refractivity contribution in [2.45, 2.75) is 0 Å². The molecule has 0 bridgehead atoms. The van der Waals surface area contributed by atoms with Gasteiger partial charge in [-0.15, -0.1) is 11.3 Å². The van der Waals surface area contributed by atoms with Crippen LogP contribution in [0.15, 0.2) is 17.5 Å². The summed E-state index contributed by atoms with van der Waals surface area (Å²) in [6, 6.07) is 1.52. The molecule has 0 saturated heterocycles. The van der Waals surface area contributed by atoms with E-state index in [4.69, 9.17) is 10.2 Å². The van der Waals surface area contributed by atoms with Gasteiger partial charge in [0.05, 0.1) is 4.88 Å². The standard InChI is InChI=1S/C7H6O3S/c8-5-3-4-11-6(5)1-2-7(9)10/h1-4,8H,(H,9,10)/b2-1+. The van der Waals surface area contributed by atoms with Crippen LogP contribution in [-0.2, 0) is 4.79 Å². The lowest BCUT2D eigenvalue weighted by atomic mass is 10.4. The first-order valence-electron chi connectivity index (χ1n) is 2.87. The molecular weight excluding hydrogens is 164 g/mol. The van der Waals surface area contributed by atoms with Crippen LogP contribution in [0.3, 0.4) is 0 Å². The molecule has 1 aromatic rings. The zero-order valence-corrected chi connectivity index (χ0v) is 6.34. The van der Waals surface area contributed by atoms with E-state index in [0.29, 0.717) is 4.88 Å². The summed E-state index contributed by atoms with van der Waals surface area (Å²) in [7, 11) is 0. The van der Waals surface area contributed by atoms with Crippen molar-refractivity contribution >= 4 is 23.4 Å². The molecule has 58 valence electrons. The topological polar surface area (TPSA) is 57.5 Å². The molecule has 3 nitrogen and oxygen atoms in total. The quantitative estimate of drug-likeness (QED) is 0.662. The Bertz CT molecular complexity index is 288. The van der Waals surface area contributed by atoms with E-state index in [1.807, 2.05) is 0 Å². The summed E-state index contributed by atoms with van der Waals surface area (Å²) in [5, 5.41) is 19.0. The third kappa shape index (κ3) is 2.09. The van der Waals surface area contributed by atoms with E-state index >= 15 is 0 Å². The Balaban J connectivity index is 2.79. The average Bonchev–Trinajstić information content (AvgIpc) is 2.31. The third-order valence-corrected chi connectivity index (χ3v) is 1.92. The lowest BCUT2D eigenvalue weighted by Gasteiger charge is -1.85. The van der Waals surface area contributed by atoms with E-state index in [1.54, 1.807) is 5.38 Å². The normalized spacial score (nSPS) is 10.5. The van der Waals surface area contributed by atoms with E-state index in [1.165, 1.54) is 23.5 Å². The van der Waals surface area contributed by atoms with Crippen molar-refractivity contribution in [3.8, 4) is 5.75 Å². The van der Waals surface area contributed by atoms with Crippen LogP contribution >= 0.6 is 11.3 Å². The number of aliphatic carboxylic acids is 1. The predicted molar refractivity (Wildman–Crippen MR) is 42.7 cm³/mol. The molecule has 0 saturated carbocycles. The number of carbonyl (C=O) groups is 1. The number of thiophene rings is 1. The van der Waals surface area contributed by atoms with E-state index in [9.17, 15) is 4.79 Å². The predicted octanol–water partition coefficient (Wildman–Crippen LogP) is 1.55. The Morgan fingerprint density at radius 2 is 2.36 bits per heavy atom. The van der Waals surface area contributed by atoms with E-state index in [-0.39, 0.29) is 5.75 Å². The Morgan fingerprint density at radius 3 is 2.82 bits per heavy atom. The van der Waals surface area contributed by atoms with Gasteiger partial charge < -0.3 is 10.2 Å². The molecule has 2 N–H and O–H groups in total. The van der Waals surface area contributed by atoms with Gasteiger partial charge in [-0.1, -0.05) is 0 Å². The van der Waals surface area contributed by atoms with Gasteiger partial charge in [-0.2, -0.15) is 0 Å². The number of hydrogen-bond acceptors (Lipinski definition) is 3. The first-order chi connectivity index (χ1) is 5.20. The molecule has 0 aliphatic carbocycles. The molecule has 0 aliphatic heterocycles. The lowest BCUT2D eigenvalue weighted by molar-refractivity contribution is -0.131. The molecule has 0 radical (unpaired) electrons. The van der Waals surface area contributed by atoms with E-state index in [2.05, 4.69) is 0 Å². The molecule has 0 amide bonds. The fraction of sp³-hybridized carbons (Fsp3) is 0. The summed E-state index contributed by atoms with van der Waals surface area (Å²) in [5.74, 6) is -0.898. The number of rotatable bonds is 2. The Morgan fingerprint density at radius 1 is 1.64 bits per heavy atom. The van der Waals surface area contributed by atoms with Crippen molar-refractivity contribution in [1.29, 1.82) is 0 Å². The fourth-order valence-corrected chi connectivity index (χ4v) is 1.26. The molecule has 4 heteroatoms. The van der Waals surface area contributed by atoms with Gasteiger partial charge in [-0.05, 0) is 17.5 Å². The molecule has 0 fully saturated rings. The van der Waals surface area contributed by atoms with Crippen molar-refractivity contribution < 1.29 is 15.0 Å². The molecule has 1 heterocycles. The van der Waals surface area contributed by atoms with Gasteiger partial charge in [-0.3, -0.25) is 0 Å². The molecule has 1 rings (SSSR count). The highest BCUT2D eigenvalue weighted by Crippen LogP contribution is 2.24. The van der Waals surface area contributed by atoms with Crippen LogP contribution < -0.4 is 0 Å². The van der Waals surface area contributed by atoms with Crippen LogP contribution in [0, 0.1) is 0 Å². The third-order valence-electron chi connectivity index (χ3n) is 1.05. The zero-order valence-electron chi connectivity index (χ0n) is 5.52. The minimum Gasteiger partial charge on any atom is -0.506 e. The molecule has 0 aliphatic rings. The summed E-state index contributed by atoms with van der Waals surface area (Å²) < 4.78 is 0. The maximum absolute atomic E-state index is 10.0. The van der Waals surface area contributed by atoms with Gasteiger partial charge in [-0.25, -0.2) is 4.79 Å². The van der Waals surface area contributed by atoms with Gasteiger partial charge in [0.15, 0.2) is 0 Å². The highest BCUT2D eigenvalue weighted by molar-refractivity contribution is 7.11. The SMILES string of the molecule is O=C(O)/C=C/c1sccc1O. The van der Waals surface area contributed by atoms with Crippen LogP contribution in [0.4, 0.5) is 0 Å². The largest absolute Gasteiger partial charge is 0.506 e. The Kier molecular flexibility index (Phi) is 2.28. The molecule has 0 spiro atoms. The first kappa shape index (κ1) is 7.81. The average molecular weight is 170 g/mol. The van der Waals surface area contributed by atoms with Crippen molar-refractivity contribution in [1.82, 2.24) is 0 Å². The number of carboxylic acid groups (broad SMARTS) is 1. The van der Waals surface area contributed by atoms with Crippen molar-refractivity contribution in [3.63, 3.8) is 0 Å². The molecule has 0 aromatic carbocycles. The smallest absolute Gasteiger partial charge is 0.328 e. The van der Waals surface area contributed by atoms with Crippen LogP contribution in [0.25, 0.3) is 6.08 Å². The second-order valence-corrected chi connectivity index (χ2v) is 2.79. The highest BCUT2D eigenvalue weighted by Gasteiger charge is 1.97. The second kappa shape index (κ2) is 3.21. The molecule has 0 unspecified atom stereocenters. The van der Waals surface area contributed by atoms with Gasteiger partial charge in [0, 0.05) is 6.08 Å². The molecular formula is C7H6O3S. The summed E-state index contributed by atoms with van der Waals surface area (Å²) in [6.45, 7) is 0. The maximum atomic E-state index is 10.0. The summed E-state index contributed by atoms with van der Waals surface area (Å²) in [4.78, 5) is 10.6. The van der Waals surface area contributed by atoms with Gasteiger partial charge in [0.1, 0.15) is 5.75 Å². The van der Waals surface area contributed by atoms with E-state index in [0.717, 1.165) is 6.08 Å². The van der Waals surface area contributed by atoms with Gasteiger partial charge >= 0.3 is 5.97 Å². The lowest BCUT2D eigenvalue weighted by Crippen LogP contribution is -1.84. The molecule has 1 aromatic heterocycles. The minimum absolute atomic E-state index is 0.118. The zero-order chi connectivity index (χ0) is 8.27. The Hall–Kier alpha value is -1.29. The van der Waals surface area contributed by atoms with Gasteiger partial charge in [0.25, 0.3) is 0 Å². The maximum Gasteiger partial charge on any atom is 0.328 e. The van der Waals surface area contributed by atoms with Crippen molar-refractivity contribution in [2.24, 2.45) is 0 Å². The van der Waals surface area contributed by atoms with E-state index < -0.39 is 5.97 Å². The van der Waals surface area contributed by atoms with Crippen LogP contribution in [-0.4, -0.2) is 16.2 Å². The van der Waals surface area contributed by atoms with Crippen molar-refractivity contribution in [2.75, 3.05) is 0 Å². The molecule has 11 heavy (non-hydrogen) atoms. The van der Waals surface area contributed by atoms with Crippen LogP contribution in [0.1, 0.15) is 4.88 Å². The van der Waals surface area contributed by atoms with Crippen molar-refractivity contribution in [3.05, 3.63) is 22.4 Å². The number of aromatic hydroxyl groups is 1. The summed E-state index contributed by atoms with van der Waals surface area (Å²) >= 11 is 1.29. The summed E-state index contributed by atoms with van der Waals surface area (Å²) in [5.41, 5.74) is 0. The minimum atomic E-state index is -1.02. The highest BCUT2D eigenvalue weighted by atomic mass is 32.1. The van der Waals surface area contributed by atoms with Crippen LogP contribution in [0.5, 0.6) is 5.75 Å². The number of hydrogen-bond donors (Lipinski definition) is 2.